The van der Waals surface area contributed by atoms with E-state index >= 15 is 0 Å². The van der Waals surface area contributed by atoms with Crippen LogP contribution in [0, 0.1) is 17.6 Å². The topological polar surface area (TPSA) is 79.0 Å². The fraction of sp³-hybridized carbons (Fsp3) is 0.423. The molecule has 2 amide bonds. The number of rotatable bonds is 6. The van der Waals surface area contributed by atoms with Gasteiger partial charge >= 0.3 is 5.97 Å². The van der Waals surface area contributed by atoms with Crippen LogP contribution < -0.4 is 10.2 Å². The zero-order valence-electron chi connectivity index (χ0n) is 19.5. The maximum Gasteiger partial charge on any atom is 0.309 e. The number of carbonyl (C=O) groups is 3. The highest BCUT2D eigenvalue weighted by molar-refractivity contribution is 5.95. The Balaban J connectivity index is 1.20. The highest BCUT2D eigenvalue weighted by Gasteiger charge is 2.30. The number of esters is 1. The van der Waals surface area contributed by atoms with E-state index in [-0.39, 0.29) is 18.7 Å². The van der Waals surface area contributed by atoms with Gasteiger partial charge in [-0.1, -0.05) is 0 Å². The van der Waals surface area contributed by atoms with Crippen LogP contribution in [0.15, 0.2) is 42.5 Å². The average Bonchev–Trinajstić information content (AvgIpc) is 2.88. The Kier molecular flexibility index (Phi) is 7.94. The number of nitrogens with one attached hydrogen (secondary N) is 1. The summed E-state index contributed by atoms with van der Waals surface area (Å²) in [6.07, 6.45) is 4.31. The van der Waals surface area contributed by atoms with Crippen LogP contribution in [-0.2, 0) is 14.3 Å². The predicted molar refractivity (Wildman–Crippen MR) is 127 cm³/mol. The summed E-state index contributed by atoms with van der Waals surface area (Å²) in [4.78, 5) is 40.9. The molecule has 2 aliphatic heterocycles. The lowest BCUT2D eigenvalue weighted by molar-refractivity contribution is -0.152. The van der Waals surface area contributed by atoms with E-state index in [2.05, 4.69) is 10.2 Å². The zero-order valence-corrected chi connectivity index (χ0v) is 19.5. The van der Waals surface area contributed by atoms with Crippen LogP contribution in [0.5, 0.6) is 0 Å². The highest BCUT2D eigenvalue weighted by Crippen LogP contribution is 2.23. The van der Waals surface area contributed by atoms with Crippen LogP contribution in [0.25, 0.3) is 0 Å². The van der Waals surface area contributed by atoms with Crippen molar-refractivity contribution < 1.29 is 27.9 Å². The van der Waals surface area contributed by atoms with Crippen LogP contribution in [0.2, 0.25) is 0 Å². The van der Waals surface area contributed by atoms with Gasteiger partial charge in [-0.05, 0) is 68.5 Å². The van der Waals surface area contributed by atoms with Crippen LogP contribution in [-0.4, -0.2) is 55.5 Å². The van der Waals surface area contributed by atoms with Crippen molar-refractivity contribution in [3.63, 3.8) is 0 Å². The highest BCUT2D eigenvalue weighted by atomic mass is 19.1. The van der Waals surface area contributed by atoms with Gasteiger partial charge < -0.3 is 19.9 Å². The first-order valence-corrected chi connectivity index (χ1v) is 12.0. The SMILES string of the molecule is O=C(COC(=O)C1CCN(C(=O)c2ccc(F)cc2F)CC1)Nc1ccc(N2CCCCC2)cc1. The Hall–Kier alpha value is -3.49. The molecule has 4 rings (SSSR count). The fourth-order valence-corrected chi connectivity index (χ4v) is 4.51. The van der Waals surface area contributed by atoms with E-state index in [1.54, 1.807) is 0 Å². The van der Waals surface area contributed by atoms with Gasteiger partial charge in [-0.25, -0.2) is 8.78 Å². The molecule has 0 aromatic heterocycles. The summed E-state index contributed by atoms with van der Waals surface area (Å²) in [5.41, 5.74) is 1.56. The summed E-state index contributed by atoms with van der Waals surface area (Å²) in [6, 6.07) is 10.4. The van der Waals surface area contributed by atoms with Crippen molar-refractivity contribution in [2.75, 3.05) is 43.0 Å². The van der Waals surface area contributed by atoms with Gasteiger partial charge in [-0.3, -0.25) is 14.4 Å². The second-order valence-electron chi connectivity index (χ2n) is 8.94. The predicted octanol–water partition coefficient (Wildman–Crippen LogP) is 3.99. The number of piperidine rings is 2. The number of likely N-dealkylation sites (tertiary alicyclic amines) is 1. The molecule has 1 N–H and O–H groups in total. The largest absolute Gasteiger partial charge is 0.455 e. The third-order valence-electron chi connectivity index (χ3n) is 6.49. The summed E-state index contributed by atoms with van der Waals surface area (Å²) < 4.78 is 32.2. The number of anilines is 2. The normalized spacial score (nSPS) is 16.6. The Labute approximate surface area is 203 Å². The molecule has 2 aliphatic rings. The lowest BCUT2D eigenvalue weighted by atomic mass is 9.96. The number of halogens is 2. The third-order valence-corrected chi connectivity index (χ3v) is 6.49. The summed E-state index contributed by atoms with van der Waals surface area (Å²) in [6.45, 7) is 2.17. The molecule has 2 heterocycles. The molecule has 9 heteroatoms. The van der Waals surface area contributed by atoms with Gasteiger partial charge in [0.25, 0.3) is 11.8 Å². The van der Waals surface area contributed by atoms with Gasteiger partial charge in [0, 0.05) is 43.6 Å². The molecule has 2 aromatic carbocycles. The Morgan fingerprint density at radius 2 is 1.60 bits per heavy atom. The minimum absolute atomic E-state index is 0.201. The fourth-order valence-electron chi connectivity index (χ4n) is 4.51. The van der Waals surface area contributed by atoms with Gasteiger partial charge in [0.1, 0.15) is 11.6 Å². The van der Waals surface area contributed by atoms with Gasteiger partial charge in [0.2, 0.25) is 0 Å². The number of carbonyl (C=O) groups excluding carboxylic acids is 3. The van der Waals surface area contributed by atoms with E-state index in [0.717, 1.165) is 30.9 Å². The van der Waals surface area contributed by atoms with E-state index in [4.69, 9.17) is 4.74 Å². The molecule has 7 nitrogen and oxygen atoms in total. The second-order valence-corrected chi connectivity index (χ2v) is 8.94. The molecular weight excluding hydrogens is 456 g/mol. The molecular formula is C26H29F2N3O4. The van der Waals surface area contributed by atoms with E-state index in [1.807, 2.05) is 24.3 Å². The number of hydrogen-bond acceptors (Lipinski definition) is 5. The maximum absolute atomic E-state index is 13.9. The Morgan fingerprint density at radius 3 is 2.26 bits per heavy atom. The molecule has 2 fully saturated rings. The minimum Gasteiger partial charge on any atom is -0.455 e. The van der Waals surface area contributed by atoms with Crippen molar-refractivity contribution in [1.82, 2.24) is 4.90 Å². The van der Waals surface area contributed by atoms with Crippen LogP contribution in [0.4, 0.5) is 20.2 Å². The van der Waals surface area contributed by atoms with Crippen LogP contribution in [0.3, 0.4) is 0 Å². The average molecular weight is 486 g/mol. The summed E-state index contributed by atoms with van der Waals surface area (Å²) >= 11 is 0. The van der Waals surface area contributed by atoms with Crippen molar-refractivity contribution in [3.05, 3.63) is 59.7 Å². The molecule has 2 saturated heterocycles. The van der Waals surface area contributed by atoms with E-state index < -0.39 is 41.9 Å². The molecule has 0 saturated carbocycles. The number of hydrogen-bond donors (Lipinski definition) is 1. The molecule has 0 spiro atoms. The standard InChI is InChI=1S/C26H29F2N3O4/c27-19-4-9-22(23(28)16-19)25(33)31-14-10-18(11-15-31)26(34)35-17-24(32)29-20-5-7-21(8-6-20)30-12-2-1-3-13-30/h4-9,16,18H,1-3,10-15,17H2,(H,29,32). The van der Waals surface area contributed by atoms with Gasteiger partial charge in [-0.2, -0.15) is 0 Å². The van der Waals surface area contributed by atoms with E-state index in [0.29, 0.717) is 24.6 Å². The van der Waals surface area contributed by atoms with Crippen molar-refractivity contribution >= 4 is 29.2 Å². The monoisotopic (exact) mass is 485 g/mol. The van der Waals surface area contributed by atoms with Gasteiger partial charge in [0.05, 0.1) is 11.5 Å². The number of amides is 2. The first-order valence-electron chi connectivity index (χ1n) is 12.0. The number of ether oxygens (including phenoxy) is 1. The lowest BCUT2D eigenvalue weighted by Gasteiger charge is -2.31. The Bertz CT molecular complexity index is 1060. The summed E-state index contributed by atoms with van der Waals surface area (Å²) in [5, 5.41) is 2.73. The molecule has 186 valence electrons. The summed E-state index contributed by atoms with van der Waals surface area (Å²) in [7, 11) is 0. The smallest absolute Gasteiger partial charge is 0.309 e. The van der Waals surface area contributed by atoms with Crippen molar-refractivity contribution in [1.29, 1.82) is 0 Å². The van der Waals surface area contributed by atoms with Crippen molar-refractivity contribution in [2.24, 2.45) is 5.92 Å². The zero-order chi connectivity index (χ0) is 24.8. The molecule has 2 aromatic rings. The quantitative estimate of drug-likeness (QED) is 0.626. The maximum atomic E-state index is 13.9. The first-order chi connectivity index (χ1) is 16.9. The minimum atomic E-state index is -0.913. The molecule has 0 radical (unpaired) electrons. The molecule has 0 aliphatic carbocycles. The lowest BCUT2D eigenvalue weighted by Crippen LogP contribution is -2.41. The number of nitrogens with zero attached hydrogens (tertiary/aromatic N) is 2. The van der Waals surface area contributed by atoms with E-state index in [1.165, 1.54) is 24.2 Å². The van der Waals surface area contributed by atoms with Crippen LogP contribution in [0.1, 0.15) is 42.5 Å². The number of benzene rings is 2. The third kappa shape index (κ3) is 6.35. The molecule has 0 atom stereocenters. The second kappa shape index (κ2) is 11.3. The first kappa shape index (κ1) is 24.6. The van der Waals surface area contributed by atoms with Crippen molar-refractivity contribution in [3.8, 4) is 0 Å². The summed E-state index contributed by atoms with van der Waals surface area (Å²) in [5.74, 6) is -3.58. The van der Waals surface area contributed by atoms with Crippen LogP contribution >= 0.6 is 0 Å². The van der Waals surface area contributed by atoms with E-state index in [9.17, 15) is 23.2 Å². The van der Waals surface area contributed by atoms with Crippen molar-refractivity contribution in [2.45, 2.75) is 32.1 Å². The van der Waals surface area contributed by atoms with Gasteiger partial charge in [0.15, 0.2) is 6.61 Å². The molecule has 0 unspecified atom stereocenters. The Morgan fingerprint density at radius 1 is 0.914 bits per heavy atom. The molecule has 0 bridgehead atoms. The molecule has 35 heavy (non-hydrogen) atoms. The van der Waals surface area contributed by atoms with Gasteiger partial charge in [-0.15, -0.1) is 0 Å².